The molecule has 2 amide bonds. The van der Waals surface area contributed by atoms with Gasteiger partial charge in [-0.1, -0.05) is 12.1 Å². The van der Waals surface area contributed by atoms with Gasteiger partial charge in [-0.15, -0.1) is 0 Å². The van der Waals surface area contributed by atoms with Gasteiger partial charge in [0.05, 0.1) is 45.8 Å². The molecule has 7 heteroatoms. The number of nitrogens with zero attached hydrogens (tertiary/aromatic N) is 1. The van der Waals surface area contributed by atoms with Crippen molar-refractivity contribution in [2.75, 3.05) is 64.8 Å². The lowest BCUT2D eigenvalue weighted by molar-refractivity contribution is -0.918. The van der Waals surface area contributed by atoms with Crippen molar-refractivity contribution in [3.63, 3.8) is 0 Å². The van der Waals surface area contributed by atoms with Gasteiger partial charge in [0.2, 0.25) is 0 Å². The fourth-order valence-corrected chi connectivity index (χ4v) is 3.99. The molecule has 0 radical (unpaired) electrons. The molecule has 4 N–H and O–H groups in total. The Labute approximate surface area is 175 Å². The van der Waals surface area contributed by atoms with Crippen LogP contribution >= 0.6 is 0 Å². The molecule has 1 aliphatic rings. The van der Waals surface area contributed by atoms with E-state index in [-0.39, 0.29) is 6.04 Å². The summed E-state index contributed by atoms with van der Waals surface area (Å²) in [6.07, 6.45) is 2.42. The molecule has 7 nitrogen and oxygen atoms in total. The first kappa shape index (κ1) is 23.2. The molecule has 1 fully saturated rings. The smallest absolute Gasteiger partial charge is 0.309 e. The SMILES string of the molecule is CC[NH+](CC)CCNC(=O)C(=O)NC[C@H](c1ccc(N(C)C)cc1)[NH+]1CCCC1. The molecule has 0 saturated carbocycles. The third-order valence-corrected chi connectivity index (χ3v) is 5.99. The summed E-state index contributed by atoms with van der Waals surface area (Å²) in [5.41, 5.74) is 2.36. The number of hydrogen-bond acceptors (Lipinski definition) is 3. The number of carbonyl (C=O) groups is 2. The van der Waals surface area contributed by atoms with Crippen LogP contribution in [0.4, 0.5) is 5.69 Å². The van der Waals surface area contributed by atoms with Crippen LogP contribution in [0.5, 0.6) is 0 Å². The number of benzene rings is 1. The summed E-state index contributed by atoms with van der Waals surface area (Å²) in [4.78, 5) is 29.4. The first-order chi connectivity index (χ1) is 14.0. The quantitative estimate of drug-likeness (QED) is 0.363. The molecule has 1 aliphatic heterocycles. The number of amides is 2. The van der Waals surface area contributed by atoms with Gasteiger partial charge in [0, 0.05) is 38.2 Å². The summed E-state index contributed by atoms with van der Waals surface area (Å²) < 4.78 is 0. The van der Waals surface area contributed by atoms with E-state index >= 15 is 0 Å². The Bertz CT molecular complexity index is 637. The molecule has 0 spiro atoms. The molecule has 1 aromatic rings. The van der Waals surface area contributed by atoms with Gasteiger partial charge in [0.15, 0.2) is 0 Å². The van der Waals surface area contributed by atoms with Crippen molar-refractivity contribution in [3.05, 3.63) is 29.8 Å². The molecular formula is C22H39N5O2+2. The van der Waals surface area contributed by atoms with E-state index in [2.05, 4.69) is 53.6 Å². The first-order valence-electron chi connectivity index (χ1n) is 11.0. The predicted octanol–water partition coefficient (Wildman–Crippen LogP) is -1.37. The van der Waals surface area contributed by atoms with E-state index in [0.717, 1.165) is 38.4 Å². The lowest BCUT2D eigenvalue weighted by Crippen LogP contribution is -3.12. The lowest BCUT2D eigenvalue weighted by Gasteiger charge is -2.25. The largest absolute Gasteiger partial charge is 0.378 e. The molecule has 0 unspecified atom stereocenters. The molecule has 0 bridgehead atoms. The Hall–Kier alpha value is -2.12. The molecule has 0 aromatic heterocycles. The Morgan fingerprint density at radius 2 is 1.62 bits per heavy atom. The monoisotopic (exact) mass is 405 g/mol. The van der Waals surface area contributed by atoms with Gasteiger partial charge in [0.1, 0.15) is 6.04 Å². The summed E-state index contributed by atoms with van der Waals surface area (Å²) in [5.74, 6) is -1.07. The molecule has 0 aliphatic carbocycles. The van der Waals surface area contributed by atoms with Crippen LogP contribution in [0.3, 0.4) is 0 Å². The number of quaternary nitrogens is 2. The third-order valence-electron chi connectivity index (χ3n) is 5.99. The number of likely N-dealkylation sites (N-methyl/N-ethyl adjacent to an activating group) is 1. The first-order valence-corrected chi connectivity index (χ1v) is 11.0. The molecular weight excluding hydrogens is 366 g/mol. The van der Waals surface area contributed by atoms with Crippen LogP contribution in [-0.2, 0) is 9.59 Å². The lowest BCUT2D eigenvalue weighted by atomic mass is 10.0. The topological polar surface area (TPSA) is 70.3 Å². The van der Waals surface area contributed by atoms with Crippen LogP contribution in [0.15, 0.2) is 24.3 Å². The van der Waals surface area contributed by atoms with Crippen LogP contribution in [-0.4, -0.2) is 71.7 Å². The maximum absolute atomic E-state index is 12.3. The van der Waals surface area contributed by atoms with Crippen molar-refractivity contribution in [3.8, 4) is 0 Å². The zero-order valence-corrected chi connectivity index (χ0v) is 18.5. The molecule has 1 heterocycles. The van der Waals surface area contributed by atoms with Crippen molar-refractivity contribution in [2.45, 2.75) is 32.7 Å². The van der Waals surface area contributed by atoms with Crippen molar-refractivity contribution in [1.29, 1.82) is 0 Å². The summed E-state index contributed by atoms with van der Waals surface area (Å²) in [7, 11) is 4.05. The zero-order valence-electron chi connectivity index (χ0n) is 18.5. The fraction of sp³-hybridized carbons (Fsp3) is 0.636. The van der Waals surface area contributed by atoms with Crippen molar-refractivity contribution in [2.24, 2.45) is 0 Å². The molecule has 1 atom stereocenters. The Balaban J connectivity index is 1.91. The second kappa shape index (κ2) is 11.8. The van der Waals surface area contributed by atoms with Crippen LogP contribution < -0.4 is 25.3 Å². The fourth-order valence-electron chi connectivity index (χ4n) is 3.99. The number of carbonyl (C=O) groups excluding carboxylic acids is 2. The summed E-state index contributed by atoms with van der Waals surface area (Å²) in [6.45, 7) is 10.3. The maximum atomic E-state index is 12.3. The average molecular weight is 406 g/mol. The van der Waals surface area contributed by atoms with Crippen LogP contribution in [0, 0.1) is 0 Å². The summed E-state index contributed by atoms with van der Waals surface area (Å²) in [6, 6.07) is 8.68. The van der Waals surface area contributed by atoms with E-state index < -0.39 is 11.8 Å². The van der Waals surface area contributed by atoms with Crippen molar-refractivity contribution >= 4 is 17.5 Å². The van der Waals surface area contributed by atoms with Gasteiger partial charge in [-0.2, -0.15) is 0 Å². The zero-order chi connectivity index (χ0) is 21.2. The Morgan fingerprint density at radius 1 is 1.03 bits per heavy atom. The Morgan fingerprint density at radius 3 is 2.17 bits per heavy atom. The third kappa shape index (κ3) is 7.01. The highest BCUT2D eigenvalue weighted by atomic mass is 16.2. The van der Waals surface area contributed by atoms with E-state index in [0.29, 0.717) is 13.1 Å². The van der Waals surface area contributed by atoms with Gasteiger partial charge in [0.25, 0.3) is 0 Å². The number of anilines is 1. The van der Waals surface area contributed by atoms with Crippen LogP contribution in [0.25, 0.3) is 0 Å². The second-order valence-corrected chi connectivity index (χ2v) is 8.08. The van der Waals surface area contributed by atoms with E-state index in [9.17, 15) is 9.59 Å². The number of likely N-dealkylation sites (tertiary alicyclic amines) is 1. The van der Waals surface area contributed by atoms with E-state index in [1.165, 1.54) is 28.2 Å². The number of nitrogens with one attached hydrogen (secondary N) is 4. The van der Waals surface area contributed by atoms with E-state index in [1.54, 1.807) is 0 Å². The average Bonchev–Trinajstić information content (AvgIpc) is 3.26. The standard InChI is InChI=1S/C22H37N5O2/c1-5-26(6-2)16-13-23-21(28)22(29)24-17-20(27-14-7-8-15-27)18-9-11-19(12-10-18)25(3)4/h9-12,20H,5-8,13-17H2,1-4H3,(H,23,28)(H,24,29)/p+2/t20-/m1/s1. The number of hydrogen-bond donors (Lipinski definition) is 4. The maximum Gasteiger partial charge on any atom is 0.309 e. The Kier molecular flexibility index (Phi) is 9.41. The highest BCUT2D eigenvalue weighted by molar-refractivity contribution is 6.35. The number of rotatable bonds is 10. The van der Waals surface area contributed by atoms with Gasteiger partial charge >= 0.3 is 11.8 Å². The molecule has 2 rings (SSSR count). The summed E-state index contributed by atoms with van der Waals surface area (Å²) >= 11 is 0. The second-order valence-electron chi connectivity index (χ2n) is 8.08. The van der Waals surface area contributed by atoms with Crippen molar-refractivity contribution in [1.82, 2.24) is 10.6 Å². The van der Waals surface area contributed by atoms with Gasteiger partial charge in [-0.25, -0.2) is 0 Å². The van der Waals surface area contributed by atoms with Crippen LogP contribution in [0.2, 0.25) is 0 Å². The van der Waals surface area contributed by atoms with Gasteiger partial charge in [-0.3, -0.25) is 9.59 Å². The molecule has 162 valence electrons. The van der Waals surface area contributed by atoms with Gasteiger partial charge in [-0.05, 0) is 26.0 Å². The molecule has 1 aromatic carbocycles. The van der Waals surface area contributed by atoms with E-state index in [1.807, 2.05) is 14.1 Å². The normalized spacial score (nSPS) is 15.3. The highest BCUT2D eigenvalue weighted by Gasteiger charge is 2.28. The minimum Gasteiger partial charge on any atom is -0.378 e. The van der Waals surface area contributed by atoms with Crippen LogP contribution in [0.1, 0.15) is 38.3 Å². The van der Waals surface area contributed by atoms with Gasteiger partial charge < -0.3 is 25.3 Å². The van der Waals surface area contributed by atoms with E-state index in [4.69, 9.17) is 0 Å². The molecule has 29 heavy (non-hydrogen) atoms. The summed E-state index contributed by atoms with van der Waals surface area (Å²) in [5, 5.41) is 5.62. The molecule has 1 saturated heterocycles. The van der Waals surface area contributed by atoms with Crippen molar-refractivity contribution < 1.29 is 19.4 Å². The minimum atomic E-state index is -0.534. The predicted molar refractivity (Wildman–Crippen MR) is 116 cm³/mol. The highest BCUT2D eigenvalue weighted by Crippen LogP contribution is 2.17. The minimum absolute atomic E-state index is 0.172.